The number of nitrogens with zero attached hydrogens (tertiary/aromatic N) is 3. The van der Waals surface area contributed by atoms with Crippen LogP contribution in [0, 0.1) is 0 Å². The van der Waals surface area contributed by atoms with Gasteiger partial charge in [-0.1, -0.05) is 0 Å². The molecule has 2 heterocycles. The van der Waals surface area contributed by atoms with E-state index in [1.54, 1.807) is 0 Å². The lowest BCUT2D eigenvalue weighted by molar-refractivity contribution is -0.140. The minimum Gasteiger partial charge on any atom is -0.480 e. The van der Waals surface area contributed by atoms with E-state index in [9.17, 15) is 9.59 Å². The van der Waals surface area contributed by atoms with E-state index in [-0.39, 0.29) is 6.54 Å². The largest absolute Gasteiger partial charge is 0.480 e. The summed E-state index contributed by atoms with van der Waals surface area (Å²) in [6.07, 6.45) is 1.34. The monoisotopic (exact) mass is 257 g/mol. The molecular weight excluding hydrogens is 246 g/mol. The summed E-state index contributed by atoms with van der Waals surface area (Å²) in [7, 11) is 0. The van der Waals surface area contributed by atoms with Crippen molar-refractivity contribution in [3.05, 3.63) is 12.2 Å². The topological polar surface area (TPSA) is 111 Å². The predicted molar refractivity (Wildman–Crippen MR) is 59.2 cm³/mol. The molecule has 0 aliphatic carbocycles. The number of thioether (sulfide) groups is 1. The summed E-state index contributed by atoms with van der Waals surface area (Å²) in [6.45, 7) is 0.201. The second kappa shape index (κ2) is 5.04. The Morgan fingerprint density at radius 2 is 2.53 bits per heavy atom. The standard InChI is InChI=1S/C8H11N5O3S/c14-7(15)5-2-17-4-13(5)8(16)9-1-6-10-3-11-12-6/h3,5H,1-2,4H2,(H,9,16)(H,14,15)(H,10,11,12)/t5-/m0/s1. The molecule has 3 N–H and O–H groups in total. The molecule has 1 fully saturated rings. The molecule has 17 heavy (non-hydrogen) atoms. The van der Waals surface area contributed by atoms with Crippen LogP contribution in [0.25, 0.3) is 0 Å². The molecule has 0 unspecified atom stereocenters. The zero-order chi connectivity index (χ0) is 12.3. The van der Waals surface area contributed by atoms with Gasteiger partial charge in [0.25, 0.3) is 0 Å². The molecule has 1 aromatic rings. The first-order chi connectivity index (χ1) is 8.18. The number of carbonyl (C=O) groups is 2. The first-order valence-electron chi connectivity index (χ1n) is 4.87. The van der Waals surface area contributed by atoms with Gasteiger partial charge < -0.3 is 15.3 Å². The van der Waals surface area contributed by atoms with Crippen molar-refractivity contribution in [1.82, 2.24) is 25.4 Å². The third-order valence-corrected chi connectivity index (χ3v) is 3.31. The first kappa shape index (κ1) is 11.7. The molecular formula is C8H11N5O3S. The summed E-state index contributed by atoms with van der Waals surface area (Å²) in [5, 5.41) is 17.8. The van der Waals surface area contributed by atoms with Crippen LogP contribution in [0.2, 0.25) is 0 Å². The van der Waals surface area contributed by atoms with Gasteiger partial charge in [-0.15, -0.1) is 11.8 Å². The third kappa shape index (κ3) is 2.67. The lowest BCUT2D eigenvalue weighted by atomic mass is 10.3. The summed E-state index contributed by atoms with van der Waals surface area (Å²) < 4.78 is 0. The molecule has 2 amide bonds. The summed E-state index contributed by atoms with van der Waals surface area (Å²) in [5.41, 5.74) is 0. The Balaban J connectivity index is 1.89. The molecule has 1 aliphatic heterocycles. The Hall–Kier alpha value is -1.77. The fourth-order valence-electron chi connectivity index (χ4n) is 1.42. The van der Waals surface area contributed by atoms with Crippen molar-refractivity contribution in [2.75, 3.05) is 11.6 Å². The molecule has 0 bridgehead atoms. The number of nitrogens with one attached hydrogen (secondary N) is 2. The molecule has 0 radical (unpaired) electrons. The Labute approximate surface area is 101 Å². The lowest BCUT2D eigenvalue weighted by Gasteiger charge is -2.20. The highest BCUT2D eigenvalue weighted by Crippen LogP contribution is 2.20. The Morgan fingerprint density at radius 1 is 1.71 bits per heavy atom. The van der Waals surface area contributed by atoms with Crippen LogP contribution in [0.1, 0.15) is 5.82 Å². The zero-order valence-electron chi connectivity index (χ0n) is 8.79. The number of aromatic nitrogens is 3. The quantitative estimate of drug-likeness (QED) is 0.671. The van der Waals surface area contributed by atoms with E-state index < -0.39 is 18.0 Å². The number of urea groups is 1. The average molecular weight is 257 g/mol. The molecule has 1 aromatic heterocycles. The third-order valence-electron chi connectivity index (χ3n) is 2.30. The molecule has 8 nitrogen and oxygen atoms in total. The maximum Gasteiger partial charge on any atom is 0.327 e. The summed E-state index contributed by atoms with van der Waals surface area (Å²) in [4.78, 5) is 27.8. The van der Waals surface area contributed by atoms with E-state index >= 15 is 0 Å². The van der Waals surface area contributed by atoms with Crippen LogP contribution in [-0.2, 0) is 11.3 Å². The molecule has 9 heteroatoms. The molecule has 0 saturated carbocycles. The van der Waals surface area contributed by atoms with Gasteiger partial charge in [0.05, 0.1) is 12.4 Å². The number of carboxylic acids is 1. The van der Waals surface area contributed by atoms with E-state index in [0.29, 0.717) is 17.5 Å². The second-order valence-corrected chi connectivity index (χ2v) is 4.41. The van der Waals surface area contributed by atoms with E-state index in [1.165, 1.54) is 23.0 Å². The summed E-state index contributed by atoms with van der Waals surface area (Å²) in [6, 6.07) is -1.16. The fourth-order valence-corrected chi connectivity index (χ4v) is 2.57. The normalized spacial score (nSPS) is 19.3. The van der Waals surface area contributed by atoms with Crippen LogP contribution < -0.4 is 5.32 Å². The van der Waals surface area contributed by atoms with Crippen LogP contribution >= 0.6 is 11.8 Å². The van der Waals surface area contributed by atoms with Crippen molar-refractivity contribution in [1.29, 1.82) is 0 Å². The fraction of sp³-hybridized carbons (Fsp3) is 0.500. The Morgan fingerprint density at radius 3 is 3.18 bits per heavy atom. The zero-order valence-corrected chi connectivity index (χ0v) is 9.61. The number of aliphatic carboxylic acids is 1. The SMILES string of the molecule is O=C(O)[C@@H]1CSCN1C(=O)NCc1ncn[nH]1. The molecule has 2 rings (SSSR count). The molecule has 1 atom stereocenters. The smallest absolute Gasteiger partial charge is 0.327 e. The Kier molecular flexibility index (Phi) is 3.47. The van der Waals surface area contributed by atoms with Crippen molar-refractivity contribution >= 4 is 23.8 Å². The van der Waals surface area contributed by atoms with Gasteiger partial charge in [0.2, 0.25) is 0 Å². The number of aromatic amines is 1. The minimum atomic E-state index is -0.982. The highest BCUT2D eigenvalue weighted by atomic mass is 32.2. The van der Waals surface area contributed by atoms with Crippen molar-refractivity contribution < 1.29 is 14.7 Å². The summed E-state index contributed by atoms with van der Waals surface area (Å²) in [5.74, 6) is 0.353. The van der Waals surface area contributed by atoms with Gasteiger partial charge in [-0.3, -0.25) is 5.10 Å². The second-order valence-electron chi connectivity index (χ2n) is 3.41. The maximum atomic E-state index is 11.7. The molecule has 92 valence electrons. The van der Waals surface area contributed by atoms with E-state index in [2.05, 4.69) is 20.5 Å². The van der Waals surface area contributed by atoms with Crippen LogP contribution in [0.3, 0.4) is 0 Å². The van der Waals surface area contributed by atoms with Crippen LogP contribution in [0.4, 0.5) is 4.79 Å². The number of hydrogen-bond acceptors (Lipinski definition) is 5. The van der Waals surface area contributed by atoms with Gasteiger partial charge in [0, 0.05) is 5.75 Å². The van der Waals surface area contributed by atoms with E-state index in [4.69, 9.17) is 5.11 Å². The highest BCUT2D eigenvalue weighted by molar-refractivity contribution is 7.99. The Bertz CT molecular complexity index is 409. The predicted octanol–water partition coefficient (Wildman–Crippen LogP) is -0.526. The van der Waals surface area contributed by atoms with Gasteiger partial charge in [-0.2, -0.15) is 5.10 Å². The van der Waals surface area contributed by atoms with Gasteiger partial charge in [0.15, 0.2) is 0 Å². The number of carbonyl (C=O) groups excluding carboxylic acids is 1. The maximum absolute atomic E-state index is 11.7. The number of amides is 2. The molecule has 0 spiro atoms. The molecule has 1 saturated heterocycles. The van der Waals surface area contributed by atoms with Crippen molar-refractivity contribution in [2.45, 2.75) is 12.6 Å². The molecule has 0 aromatic carbocycles. The van der Waals surface area contributed by atoms with Gasteiger partial charge in [-0.05, 0) is 0 Å². The number of rotatable bonds is 3. The van der Waals surface area contributed by atoms with Gasteiger partial charge in [0.1, 0.15) is 18.2 Å². The van der Waals surface area contributed by atoms with Crippen molar-refractivity contribution in [3.63, 3.8) is 0 Å². The minimum absolute atomic E-state index is 0.201. The van der Waals surface area contributed by atoms with Crippen LogP contribution in [0.15, 0.2) is 6.33 Å². The van der Waals surface area contributed by atoms with Crippen LogP contribution in [-0.4, -0.2) is 54.9 Å². The van der Waals surface area contributed by atoms with E-state index in [0.717, 1.165) is 0 Å². The number of H-pyrrole nitrogens is 1. The average Bonchev–Trinajstić information content (AvgIpc) is 2.96. The van der Waals surface area contributed by atoms with Gasteiger partial charge >= 0.3 is 12.0 Å². The van der Waals surface area contributed by atoms with Crippen LogP contribution in [0.5, 0.6) is 0 Å². The lowest BCUT2D eigenvalue weighted by Crippen LogP contribution is -2.46. The molecule has 1 aliphatic rings. The first-order valence-corrected chi connectivity index (χ1v) is 6.03. The number of carboxylic acid groups (broad SMARTS) is 1. The van der Waals surface area contributed by atoms with Crippen molar-refractivity contribution in [3.8, 4) is 0 Å². The van der Waals surface area contributed by atoms with Crippen molar-refractivity contribution in [2.24, 2.45) is 0 Å². The number of hydrogen-bond donors (Lipinski definition) is 3. The van der Waals surface area contributed by atoms with Gasteiger partial charge in [-0.25, -0.2) is 14.6 Å². The van der Waals surface area contributed by atoms with E-state index in [1.807, 2.05) is 0 Å². The summed E-state index contributed by atoms with van der Waals surface area (Å²) >= 11 is 1.42. The highest BCUT2D eigenvalue weighted by Gasteiger charge is 2.34.